The second kappa shape index (κ2) is 7.12. The van der Waals surface area contributed by atoms with Crippen LogP contribution in [-0.2, 0) is 0 Å². The maximum absolute atomic E-state index is 13.4. The summed E-state index contributed by atoms with van der Waals surface area (Å²) < 4.78 is 13.4. The molecule has 0 saturated heterocycles. The zero-order valence-corrected chi connectivity index (χ0v) is 12.4. The Labute approximate surface area is 114 Å². The molecule has 2 N–H and O–H groups in total. The Morgan fingerprint density at radius 2 is 2.11 bits per heavy atom. The lowest BCUT2D eigenvalue weighted by Crippen LogP contribution is -2.38. The largest absolute Gasteiger partial charge is 0.329 e. The maximum atomic E-state index is 13.4. The number of hydrogen-bond donors (Lipinski definition) is 1. The van der Waals surface area contributed by atoms with Crippen molar-refractivity contribution in [3.63, 3.8) is 0 Å². The average molecular weight is 270 g/mol. The second-order valence-corrected chi connectivity index (χ2v) is 5.63. The van der Waals surface area contributed by atoms with Crippen LogP contribution >= 0.6 is 11.8 Å². The molecule has 1 aromatic rings. The van der Waals surface area contributed by atoms with Crippen molar-refractivity contribution in [1.29, 1.82) is 0 Å². The molecule has 0 spiro atoms. The molecule has 0 saturated carbocycles. The summed E-state index contributed by atoms with van der Waals surface area (Å²) in [7, 11) is 2.06. The first-order valence-corrected chi connectivity index (χ1v) is 7.57. The fourth-order valence-electron chi connectivity index (χ4n) is 2.15. The molecule has 1 aromatic carbocycles. The normalized spacial score (nSPS) is 14.8. The van der Waals surface area contributed by atoms with Crippen molar-refractivity contribution < 1.29 is 4.39 Å². The minimum atomic E-state index is -0.194. The zero-order valence-electron chi connectivity index (χ0n) is 11.6. The van der Waals surface area contributed by atoms with Gasteiger partial charge in [0.1, 0.15) is 5.82 Å². The summed E-state index contributed by atoms with van der Waals surface area (Å²) in [5, 5.41) is 0. The van der Waals surface area contributed by atoms with Gasteiger partial charge < -0.3 is 5.73 Å². The van der Waals surface area contributed by atoms with Crippen LogP contribution in [0, 0.1) is 12.7 Å². The Morgan fingerprint density at radius 1 is 1.44 bits per heavy atom. The van der Waals surface area contributed by atoms with E-state index in [1.165, 1.54) is 6.07 Å². The molecule has 0 radical (unpaired) electrons. The minimum Gasteiger partial charge on any atom is -0.329 e. The van der Waals surface area contributed by atoms with Crippen LogP contribution in [0.1, 0.15) is 24.1 Å². The third-order valence-electron chi connectivity index (χ3n) is 3.42. The van der Waals surface area contributed by atoms with Gasteiger partial charge in [0, 0.05) is 24.4 Å². The van der Waals surface area contributed by atoms with E-state index in [1.807, 2.05) is 24.8 Å². The lowest BCUT2D eigenvalue weighted by atomic mass is 9.99. The molecule has 0 aliphatic carbocycles. The molecule has 102 valence electrons. The summed E-state index contributed by atoms with van der Waals surface area (Å²) in [6.45, 7) is 4.68. The van der Waals surface area contributed by atoms with Crippen LogP contribution in [-0.4, -0.2) is 36.5 Å². The summed E-state index contributed by atoms with van der Waals surface area (Å²) in [5.41, 5.74) is 7.97. The third kappa shape index (κ3) is 3.70. The molecule has 2 unspecified atom stereocenters. The number of rotatable bonds is 6. The van der Waals surface area contributed by atoms with E-state index < -0.39 is 0 Å². The first-order valence-electron chi connectivity index (χ1n) is 6.18. The van der Waals surface area contributed by atoms with Crippen LogP contribution in [0.5, 0.6) is 0 Å². The van der Waals surface area contributed by atoms with Crippen molar-refractivity contribution in [3.8, 4) is 0 Å². The van der Waals surface area contributed by atoms with Crippen LogP contribution in [0.15, 0.2) is 18.2 Å². The highest BCUT2D eigenvalue weighted by atomic mass is 32.2. The second-order valence-electron chi connectivity index (χ2n) is 4.72. The molecule has 1 rings (SSSR count). The smallest absolute Gasteiger partial charge is 0.123 e. The SMILES string of the molecule is CSCC(C)N(C)C(CN)c1cc(F)ccc1C. The highest BCUT2D eigenvalue weighted by molar-refractivity contribution is 7.98. The van der Waals surface area contributed by atoms with Crippen LogP contribution in [0.3, 0.4) is 0 Å². The number of thioether (sulfide) groups is 1. The van der Waals surface area contributed by atoms with E-state index >= 15 is 0 Å². The molecule has 4 heteroatoms. The van der Waals surface area contributed by atoms with Gasteiger partial charge in [-0.25, -0.2) is 4.39 Å². The van der Waals surface area contributed by atoms with Gasteiger partial charge in [0.25, 0.3) is 0 Å². The molecular formula is C14H23FN2S. The number of nitrogens with two attached hydrogens (primary N) is 1. The van der Waals surface area contributed by atoms with Crippen LogP contribution in [0.2, 0.25) is 0 Å². The molecule has 0 bridgehead atoms. The summed E-state index contributed by atoms with van der Waals surface area (Å²) >= 11 is 1.81. The number of halogens is 1. The molecule has 0 fully saturated rings. The average Bonchev–Trinajstić information content (AvgIpc) is 2.34. The number of nitrogens with zero attached hydrogens (tertiary/aromatic N) is 1. The maximum Gasteiger partial charge on any atom is 0.123 e. The Balaban J connectivity index is 2.98. The monoisotopic (exact) mass is 270 g/mol. The van der Waals surface area contributed by atoms with Gasteiger partial charge in [-0.1, -0.05) is 6.07 Å². The Bertz CT molecular complexity index is 384. The summed E-state index contributed by atoms with van der Waals surface area (Å²) in [6.07, 6.45) is 2.09. The van der Waals surface area contributed by atoms with Gasteiger partial charge in [-0.3, -0.25) is 4.90 Å². The highest BCUT2D eigenvalue weighted by Gasteiger charge is 2.21. The number of likely N-dealkylation sites (N-methyl/N-ethyl adjacent to an activating group) is 1. The number of aryl methyl sites for hydroxylation is 1. The lowest BCUT2D eigenvalue weighted by Gasteiger charge is -2.33. The highest BCUT2D eigenvalue weighted by Crippen LogP contribution is 2.25. The number of benzene rings is 1. The summed E-state index contributed by atoms with van der Waals surface area (Å²) in [5.74, 6) is 0.849. The van der Waals surface area contributed by atoms with E-state index in [4.69, 9.17) is 5.73 Å². The number of hydrogen-bond acceptors (Lipinski definition) is 3. The molecule has 0 aliphatic rings. The van der Waals surface area contributed by atoms with E-state index in [0.29, 0.717) is 12.6 Å². The molecule has 0 amide bonds. The Kier molecular flexibility index (Phi) is 6.12. The van der Waals surface area contributed by atoms with E-state index in [9.17, 15) is 4.39 Å². The van der Waals surface area contributed by atoms with Gasteiger partial charge in [0.15, 0.2) is 0 Å². The van der Waals surface area contributed by atoms with Crippen LogP contribution in [0.4, 0.5) is 4.39 Å². The minimum absolute atomic E-state index is 0.0721. The van der Waals surface area contributed by atoms with Gasteiger partial charge in [-0.2, -0.15) is 11.8 Å². The van der Waals surface area contributed by atoms with Crippen LogP contribution < -0.4 is 5.73 Å². The Hall–Kier alpha value is -0.580. The molecule has 2 atom stereocenters. The van der Waals surface area contributed by atoms with Crippen molar-refractivity contribution >= 4 is 11.8 Å². The third-order valence-corrected chi connectivity index (χ3v) is 4.23. The van der Waals surface area contributed by atoms with E-state index in [1.54, 1.807) is 6.07 Å². The topological polar surface area (TPSA) is 29.3 Å². The van der Waals surface area contributed by atoms with Gasteiger partial charge >= 0.3 is 0 Å². The van der Waals surface area contributed by atoms with E-state index in [0.717, 1.165) is 16.9 Å². The molecule has 18 heavy (non-hydrogen) atoms. The van der Waals surface area contributed by atoms with Gasteiger partial charge in [0.2, 0.25) is 0 Å². The molecule has 2 nitrogen and oxygen atoms in total. The van der Waals surface area contributed by atoms with Gasteiger partial charge in [-0.15, -0.1) is 0 Å². The molecule has 0 heterocycles. The first kappa shape index (κ1) is 15.5. The molecule has 0 aliphatic heterocycles. The van der Waals surface area contributed by atoms with Crippen molar-refractivity contribution in [2.45, 2.75) is 25.9 Å². The quantitative estimate of drug-likeness (QED) is 0.862. The lowest BCUT2D eigenvalue weighted by molar-refractivity contribution is 0.203. The summed E-state index contributed by atoms with van der Waals surface area (Å²) in [6, 6.07) is 5.41. The van der Waals surface area contributed by atoms with Gasteiger partial charge in [-0.05, 0) is 50.4 Å². The van der Waals surface area contributed by atoms with Crippen LogP contribution in [0.25, 0.3) is 0 Å². The fraction of sp³-hybridized carbons (Fsp3) is 0.571. The molecular weight excluding hydrogens is 247 g/mol. The zero-order chi connectivity index (χ0) is 13.7. The predicted octanol–water partition coefficient (Wildman–Crippen LogP) is 2.82. The molecule has 0 aromatic heterocycles. The summed E-state index contributed by atoms with van der Waals surface area (Å²) in [4.78, 5) is 2.23. The fourth-order valence-corrected chi connectivity index (χ4v) is 2.87. The van der Waals surface area contributed by atoms with E-state index in [-0.39, 0.29) is 11.9 Å². The first-order chi connectivity index (χ1) is 8.51. The van der Waals surface area contributed by atoms with Crippen molar-refractivity contribution in [2.24, 2.45) is 5.73 Å². The van der Waals surface area contributed by atoms with Gasteiger partial charge in [0.05, 0.1) is 0 Å². The predicted molar refractivity (Wildman–Crippen MR) is 78.5 cm³/mol. The Morgan fingerprint density at radius 3 is 2.67 bits per heavy atom. The van der Waals surface area contributed by atoms with E-state index in [2.05, 4.69) is 25.1 Å². The van der Waals surface area contributed by atoms with Crippen molar-refractivity contribution in [3.05, 3.63) is 35.1 Å². The van der Waals surface area contributed by atoms with Crippen molar-refractivity contribution in [2.75, 3.05) is 25.6 Å². The van der Waals surface area contributed by atoms with Crippen molar-refractivity contribution in [1.82, 2.24) is 4.90 Å². The standard InChI is InChI=1S/C14H23FN2S/c1-10-5-6-12(15)7-13(10)14(8-16)17(3)11(2)9-18-4/h5-7,11,14H,8-9,16H2,1-4H3.